The van der Waals surface area contributed by atoms with E-state index >= 15 is 0 Å². The zero-order valence-electron chi connectivity index (χ0n) is 8.51. The molecule has 0 saturated carbocycles. The minimum atomic E-state index is -0.516. The molecule has 1 N–H and O–H groups in total. The summed E-state index contributed by atoms with van der Waals surface area (Å²) in [6.45, 7) is 0.0769. The first-order chi connectivity index (χ1) is 7.06. The van der Waals surface area contributed by atoms with Crippen LogP contribution in [-0.2, 0) is 6.54 Å². The molecule has 1 rings (SSSR count). The number of hydroxylamine groups is 2. The molecule has 0 fully saturated rings. The number of nitro benzene ring substituents is 1. The Morgan fingerprint density at radius 3 is 2.73 bits per heavy atom. The molecule has 0 aliphatic heterocycles. The van der Waals surface area contributed by atoms with Crippen molar-refractivity contribution in [3.8, 4) is 5.75 Å². The molecule has 0 aliphatic carbocycles. The molecule has 0 aliphatic rings. The third kappa shape index (κ3) is 2.64. The monoisotopic (exact) mass is 212 g/mol. The van der Waals surface area contributed by atoms with Gasteiger partial charge < -0.3 is 9.94 Å². The summed E-state index contributed by atoms with van der Waals surface area (Å²) in [5, 5.41) is 20.7. The largest absolute Gasteiger partial charge is 0.490 e. The second-order valence-corrected chi connectivity index (χ2v) is 3.04. The number of rotatable bonds is 4. The second-order valence-electron chi connectivity index (χ2n) is 3.04. The SMILES string of the molecule is COc1cccc(CN(C)O)c1[N+](=O)[O-]. The van der Waals surface area contributed by atoms with Crippen LogP contribution in [0.4, 0.5) is 5.69 Å². The van der Waals surface area contributed by atoms with Crippen molar-refractivity contribution in [1.82, 2.24) is 5.06 Å². The van der Waals surface area contributed by atoms with Crippen molar-refractivity contribution in [2.75, 3.05) is 14.2 Å². The van der Waals surface area contributed by atoms with Gasteiger partial charge in [0.05, 0.1) is 24.1 Å². The molecule has 1 aromatic rings. The molecular weight excluding hydrogens is 200 g/mol. The molecular formula is C9H12N2O4. The van der Waals surface area contributed by atoms with E-state index < -0.39 is 4.92 Å². The Morgan fingerprint density at radius 1 is 1.60 bits per heavy atom. The maximum absolute atomic E-state index is 10.8. The highest BCUT2D eigenvalue weighted by molar-refractivity contribution is 5.52. The Hall–Kier alpha value is -1.66. The number of nitro groups is 1. The average molecular weight is 212 g/mol. The first-order valence-corrected chi connectivity index (χ1v) is 4.26. The van der Waals surface area contributed by atoms with Gasteiger partial charge in [-0.25, -0.2) is 0 Å². The van der Waals surface area contributed by atoms with Crippen LogP contribution in [0.1, 0.15) is 5.56 Å². The lowest BCUT2D eigenvalue weighted by Gasteiger charge is -2.10. The quantitative estimate of drug-likeness (QED) is 0.603. The molecule has 1 aromatic carbocycles. The second kappa shape index (κ2) is 4.72. The Balaban J connectivity index is 3.19. The van der Waals surface area contributed by atoms with Gasteiger partial charge >= 0.3 is 5.69 Å². The lowest BCUT2D eigenvalue weighted by Crippen LogP contribution is -2.13. The van der Waals surface area contributed by atoms with Gasteiger partial charge in [-0.05, 0) is 6.07 Å². The molecule has 0 spiro atoms. The Labute approximate surface area is 86.8 Å². The van der Waals surface area contributed by atoms with Crippen molar-refractivity contribution in [2.24, 2.45) is 0 Å². The fourth-order valence-corrected chi connectivity index (χ4v) is 1.31. The Bertz CT molecular complexity index is 365. The van der Waals surface area contributed by atoms with Gasteiger partial charge in [0.15, 0.2) is 5.75 Å². The fraction of sp³-hybridized carbons (Fsp3) is 0.333. The number of nitrogens with zero attached hydrogens (tertiary/aromatic N) is 2. The summed E-state index contributed by atoms with van der Waals surface area (Å²) in [4.78, 5) is 10.3. The van der Waals surface area contributed by atoms with E-state index in [1.165, 1.54) is 20.2 Å². The predicted molar refractivity (Wildman–Crippen MR) is 52.9 cm³/mol. The topological polar surface area (TPSA) is 75.8 Å². The number of hydrogen-bond acceptors (Lipinski definition) is 5. The standard InChI is InChI=1S/C9H12N2O4/c1-10(12)6-7-4-3-5-8(15-2)9(7)11(13)14/h3-5,12H,6H2,1-2H3. The third-order valence-corrected chi connectivity index (χ3v) is 1.88. The first-order valence-electron chi connectivity index (χ1n) is 4.26. The molecule has 82 valence electrons. The molecule has 0 unspecified atom stereocenters. The summed E-state index contributed by atoms with van der Waals surface area (Å²) in [5.41, 5.74) is 0.297. The zero-order chi connectivity index (χ0) is 11.4. The smallest absolute Gasteiger partial charge is 0.315 e. The summed E-state index contributed by atoms with van der Waals surface area (Å²) in [6, 6.07) is 4.73. The van der Waals surface area contributed by atoms with Crippen molar-refractivity contribution in [2.45, 2.75) is 6.54 Å². The van der Waals surface area contributed by atoms with E-state index in [4.69, 9.17) is 9.94 Å². The molecule has 6 heteroatoms. The summed E-state index contributed by atoms with van der Waals surface area (Å²) in [6.07, 6.45) is 0. The van der Waals surface area contributed by atoms with Crippen LogP contribution < -0.4 is 4.74 Å². The molecule has 6 nitrogen and oxygen atoms in total. The van der Waals surface area contributed by atoms with Crippen LogP contribution >= 0.6 is 0 Å². The summed E-state index contributed by atoms with van der Waals surface area (Å²) in [7, 11) is 2.79. The van der Waals surface area contributed by atoms with Crippen molar-refractivity contribution in [3.05, 3.63) is 33.9 Å². The van der Waals surface area contributed by atoms with Crippen LogP contribution in [0.15, 0.2) is 18.2 Å². The molecule has 0 amide bonds. The predicted octanol–water partition coefficient (Wildman–Crippen LogP) is 1.42. The number of para-hydroxylation sites is 1. The highest BCUT2D eigenvalue weighted by atomic mass is 16.6. The van der Waals surface area contributed by atoms with Crippen LogP contribution in [0.2, 0.25) is 0 Å². The van der Waals surface area contributed by atoms with E-state index in [1.807, 2.05) is 0 Å². The van der Waals surface area contributed by atoms with Crippen molar-refractivity contribution >= 4 is 5.69 Å². The highest BCUT2D eigenvalue weighted by Gasteiger charge is 2.20. The van der Waals surface area contributed by atoms with Gasteiger partial charge in [0, 0.05) is 7.05 Å². The summed E-state index contributed by atoms with van der Waals surface area (Å²) < 4.78 is 4.89. The lowest BCUT2D eigenvalue weighted by atomic mass is 10.1. The van der Waals surface area contributed by atoms with Crippen LogP contribution in [0.3, 0.4) is 0 Å². The Morgan fingerprint density at radius 2 is 2.27 bits per heavy atom. The molecule has 0 atom stereocenters. The van der Waals surface area contributed by atoms with Crippen molar-refractivity contribution < 1.29 is 14.9 Å². The van der Waals surface area contributed by atoms with E-state index in [0.29, 0.717) is 5.56 Å². The molecule has 0 heterocycles. The van der Waals surface area contributed by atoms with Crippen LogP contribution in [0.5, 0.6) is 5.75 Å². The van der Waals surface area contributed by atoms with Gasteiger partial charge in [-0.2, -0.15) is 5.06 Å². The van der Waals surface area contributed by atoms with Gasteiger partial charge in [0.2, 0.25) is 0 Å². The molecule has 0 aromatic heterocycles. The van der Waals surface area contributed by atoms with Gasteiger partial charge in [-0.15, -0.1) is 0 Å². The average Bonchev–Trinajstić information content (AvgIpc) is 2.15. The van der Waals surface area contributed by atoms with Gasteiger partial charge in [0.1, 0.15) is 0 Å². The fourth-order valence-electron chi connectivity index (χ4n) is 1.31. The van der Waals surface area contributed by atoms with Crippen molar-refractivity contribution in [3.63, 3.8) is 0 Å². The van der Waals surface area contributed by atoms with Crippen LogP contribution in [0.25, 0.3) is 0 Å². The molecule has 0 bridgehead atoms. The van der Waals surface area contributed by atoms with Gasteiger partial charge in [0.25, 0.3) is 0 Å². The van der Waals surface area contributed by atoms with E-state index in [0.717, 1.165) is 5.06 Å². The highest BCUT2D eigenvalue weighted by Crippen LogP contribution is 2.30. The van der Waals surface area contributed by atoms with Crippen molar-refractivity contribution in [1.29, 1.82) is 0 Å². The van der Waals surface area contributed by atoms with Crippen LogP contribution in [0, 0.1) is 10.1 Å². The number of methoxy groups -OCH3 is 1. The minimum Gasteiger partial charge on any atom is -0.490 e. The maximum atomic E-state index is 10.8. The number of hydrogen-bond donors (Lipinski definition) is 1. The van der Waals surface area contributed by atoms with Crippen LogP contribution in [-0.4, -0.2) is 29.4 Å². The maximum Gasteiger partial charge on any atom is 0.315 e. The molecule has 0 radical (unpaired) electrons. The minimum absolute atomic E-state index is 0.0769. The van der Waals surface area contributed by atoms with E-state index in [1.54, 1.807) is 12.1 Å². The normalized spacial score (nSPS) is 10.4. The number of benzene rings is 1. The Kier molecular flexibility index (Phi) is 3.59. The first kappa shape index (κ1) is 11.4. The van der Waals surface area contributed by atoms with E-state index in [2.05, 4.69) is 0 Å². The zero-order valence-corrected chi connectivity index (χ0v) is 8.51. The van der Waals surface area contributed by atoms with Gasteiger partial charge in [-0.3, -0.25) is 10.1 Å². The lowest BCUT2D eigenvalue weighted by molar-refractivity contribution is -0.386. The summed E-state index contributed by atoms with van der Waals surface area (Å²) >= 11 is 0. The summed E-state index contributed by atoms with van der Waals surface area (Å²) in [5.74, 6) is 0.194. The molecule has 0 saturated heterocycles. The van der Waals surface area contributed by atoms with Gasteiger partial charge in [-0.1, -0.05) is 12.1 Å². The number of ether oxygens (including phenoxy) is 1. The van der Waals surface area contributed by atoms with E-state index in [9.17, 15) is 10.1 Å². The van der Waals surface area contributed by atoms with E-state index in [-0.39, 0.29) is 18.0 Å². The molecule has 15 heavy (non-hydrogen) atoms. The third-order valence-electron chi connectivity index (χ3n) is 1.88.